The molecule has 0 saturated heterocycles. The zero-order valence-corrected chi connectivity index (χ0v) is 10.7. The third-order valence-electron chi connectivity index (χ3n) is 2.09. The zero-order chi connectivity index (χ0) is 12.3. The molecule has 0 atom stereocenters. The van der Waals surface area contributed by atoms with Gasteiger partial charge in [-0.2, -0.15) is 0 Å². The van der Waals surface area contributed by atoms with Crippen LogP contribution in [0.1, 0.15) is 24.2 Å². The summed E-state index contributed by atoms with van der Waals surface area (Å²) in [6, 6.07) is 4.71. The Hall–Kier alpha value is -0.770. The Morgan fingerprint density at radius 1 is 1.31 bits per heavy atom. The van der Waals surface area contributed by atoms with Crippen LogP contribution in [0.5, 0.6) is 0 Å². The maximum absolute atomic E-state index is 11.8. The van der Waals surface area contributed by atoms with Crippen LogP contribution < -0.4 is 11.1 Å². The molecule has 0 aliphatic carbocycles. The van der Waals surface area contributed by atoms with E-state index < -0.39 is 5.54 Å². The Kier molecular flexibility index (Phi) is 4.19. The first kappa shape index (κ1) is 13.3. The molecule has 0 fully saturated rings. The van der Waals surface area contributed by atoms with E-state index in [1.54, 1.807) is 18.2 Å². The standard InChI is InChI=1S/C11H14Cl2N2O/c1-11(2,6-14)15-10(16)7-3-8(12)5-9(13)4-7/h3-5H,6,14H2,1-2H3,(H,15,16). The van der Waals surface area contributed by atoms with E-state index in [2.05, 4.69) is 5.32 Å². The highest BCUT2D eigenvalue weighted by Gasteiger charge is 2.19. The number of rotatable bonds is 3. The Labute approximate surface area is 105 Å². The van der Waals surface area contributed by atoms with E-state index >= 15 is 0 Å². The number of nitrogens with two attached hydrogens (primary N) is 1. The lowest BCUT2D eigenvalue weighted by atomic mass is 10.1. The second-order valence-corrected chi connectivity index (χ2v) is 5.07. The predicted molar refractivity (Wildman–Crippen MR) is 67.1 cm³/mol. The summed E-state index contributed by atoms with van der Waals surface area (Å²) >= 11 is 11.6. The minimum Gasteiger partial charge on any atom is -0.346 e. The summed E-state index contributed by atoms with van der Waals surface area (Å²) in [5, 5.41) is 3.66. The van der Waals surface area contributed by atoms with Crippen LogP contribution in [-0.4, -0.2) is 18.0 Å². The fourth-order valence-corrected chi connectivity index (χ4v) is 1.64. The van der Waals surface area contributed by atoms with Crippen molar-refractivity contribution in [3.63, 3.8) is 0 Å². The van der Waals surface area contributed by atoms with Crippen molar-refractivity contribution in [2.75, 3.05) is 6.54 Å². The zero-order valence-electron chi connectivity index (χ0n) is 9.18. The molecule has 3 N–H and O–H groups in total. The van der Waals surface area contributed by atoms with Crippen molar-refractivity contribution in [2.45, 2.75) is 19.4 Å². The van der Waals surface area contributed by atoms with Gasteiger partial charge in [-0.3, -0.25) is 4.79 Å². The monoisotopic (exact) mass is 260 g/mol. The van der Waals surface area contributed by atoms with Gasteiger partial charge in [-0.05, 0) is 32.0 Å². The third-order valence-corrected chi connectivity index (χ3v) is 2.52. The van der Waals surface area contributed by atoms with Crippen molar-refractivity contribution in [1.82, 2.24) is 5.32 Å². The van der Waals surface area contributed by atoms with Crippen LogP contribution in [0.2, 0.25) is 10.0 Å². The molecule has 1 aromatic carbocycles. The SMILES string of the molecule is CC(C)(CN)NC(=O)c1cc(Cl)cc(Cl)c1. The summed E-state index contributed by atoms with van der Waals surface area (Å²) in [7, 11) is 0. The molecule has 0 aromatic heterocycles. The van der Waals surface area contributed by atoms with Gasteiger partial charge in [-0.25, -0.2) is 0 Å². The second kappa shape index (κ2) is 5.04. The van der Waals surface area contributed by atoms with Crippen LogP contribution in [0, 0.1) is 0 Å². The van der Waals surface area contributed by atoms with Gasteiger partial charge in [-0.1, -0.05) is 23.2 Å². The first-order valence-electron chi connectivity index (χ1n) is 4.83. The molecule has 0 spiro atoms. The quantitative estimate of drug-likeness (QED) is 0.878. The van der Waals surface area contributed by atoms with Gasteiger partial charge in [0.05, 0.1) is 0 Å². The molecule has 1 amide bonds. The van der Waals surface area contributed by atoms with Crippen molar-refractivity contribution in [3.05, 3.63) is 33.8 Å². The summed E-state index contributed by atoms with van der Waals surface area (Å²) in [5.41, 5.74) is 5.50. The molecule has 1 aromatic rings. The van der Waals surface area contributed by atoms with E-state index in [1.165, 1.54) is 0 Å². The average Bonchev–Trinajstić information content (AvgIpc) is 2.15. The minimum absolute atomic E-state index is 0.236. The van der Waals surface area contributed by atoms with Gasteiger partial charge in [-0.15, -0.1) is 0 Å². The maximum atomic E-state index is 11.8. The molecule has 88 valence electrons. The Morgan fingerprint density at radius 3 is 2.25 bits per heavy atom. The van der Waals surface area contributed by atoms with Crippen LogP contribution >= 0.6 is 23.2 Å². The van der Waals surface area contributed by atoms with Gasteiger partial charge in [0.25, 0.3) is 5.91 Å². The Morgan fingerprint density at radius 2 is 1.81 bits per heavy atom. The molecule has 0 aliphatic heterocycles. The molecule has 0 heterocycles. The minimum atomic E-state index is -0.453. The average molecular weight is 261 g/mol. The number of amides is 1. The molecule has 0 unspecified atom stereocenters. The van der Waals surface area contributed by atoms with Gasteiger partial charge < -0.3 is 11.1 Å². The summed E-state index contributed by atoms with van der Waals surface area (Å²) in [4.78, 5) is 11.8. The molecular formula is C11H14Cl2N2O. The van der Waals surface area contributed by atoms with Crippen LogP contribution in [0.15, 0.2) is 18.2 Å². The second-order valence-electron chi connectivity index (χ2n) is 4.20. The van der Waals surface area contributed by atoms with Crippen molar-refractivity contribution in [2.24, 2.45) is 5.73 Å². The number of nitrogens with one attached hydrogen (secondary N) is 1. The molecule has 16 heavy (non-hydrogen) atoms. The van der Waals surface area contributed by atoms with Crippen molar-refractivity contribution >= 4 is 29.1 Å². The molecular weight excluding hydrogens is 247 g/mol. The van der Waals surface area contributed by atoms with E-state index in [1.807, 2.05) is 13.8 Å². The lowest BCUT2D eigenvalue weighted by molar-refractivity contribution is 0.0915. The van der Waals surface area contributed by atoms with E-state index in [4.69, 9.17) is 28.9 Å². The highest BCUT2D eigenvalue weighted by atomic mass is 35.5. The van der Waals surface area contributed by atoms with Gasteiger partial charge in [0.15, 0.2) is 0 Å². The fourth-order valence-electron chi connectivity index (χ4n) is 1.12. The van der Waals surface area contributed by atoms with Crippen LogP contribution in [0.25, 0.3) is 0 Å². The molecule has 1 rings (SSSR count). The molecule has 0 saturated carbocycles. The summed E-state index contributed by atoms with van der Waals surface area (Å²) in [6.07, 6.45) is 0. The highest BCUT2D eigenvalue weighted by molar-refractivity contribution is 6.35. The number of carbonyl (C=O) groups is 1. The van der Waals surface area contributed by atoms with E-state index in [0.29, 0.717) is 22.2 Å². The largest absolute Gasteiger partial charge is 0.346 e. The van der Waals surface area contributed by atoms with Crippen LogP contribution in [0.3, 0.4) is 0 Å². The molecule has 5 heteroatoms. The smallest absolute Gasteiger partial charge is 0.251 e. The number of carbonyl (C=O) groups excluding carboxylic acids is 1. The fraction of sp³-hybridized carbons (Fsp3) is 0.364. The number of halogens is 2. The van der Waals surface area contributed by atoms with Gasteiger partial charge in [0, 0.05) is 27.7 Å². The van der Waals surface area contributed by atoms with E-state index in [0.717, 1.165) is 0 Å². The van der Waals surface area contributed by atoms with E-state index in [9.17, 15) is 4.79 Å². The maximum Gasteiger partial charge on any atom is 0.251 e. The highest BCUT2D eigenvalue weighted by Crippen LogP contribution is 2.19. The number of hydrogen-bond acceptors (Lipinski definition) is 2. The van der Waals surface area contributed by atoms with Crippen molar-refractivity contribution in [1.29, 1.82) is 0 Å². The normalized spacial score (nSPS) is 11.3. The molecule has 0 radical (unpaired) electrons. The summed E-state index contributed by atoms with van der Waals surface area (Å²) in [6.45, 7) is 4.04. The summed E-state index contributed by atoms with van der Waals surface area (Å²) < 4.78 is 0. The van der Waals surface area contributed by atoms with Gasteiger partial charge in [0.1, 0.15) is 0 Å². The number of benzene rings is 1. The Balaban J connectivity index is 2.89. The number of hydrogen-bond donors (Lipinski definition) is 2. The van der Waals surface area contributed by atoms with Crippen LogP contribution in [-0.2, 0) is 0 Å². The topological polar surface area (TPSA) is 55.1 Å². The first-order valence-corrected chi connectivity index (χ1v) is 5.58. The van der Waals surface area contributed by atoms with Gasteiger partial charge in [0.2, 0.25) is 0 Å². The third kappa shape index (κ3) is 3.67. The lowest BCUT2D eigenvalue weighted by Crippen LogP contribution is -2.48. The van der Waals surface area contributed by atoms with Crippen molar-refractivity contribution in [3.8, 4) is 0 Å². The molecule has 0 aliphatic rings. The lowest BCUT2D eigenvalue weighted by Gasteiger charge is -2.24. The molecule has 0 bridgehead atoms. The van der Waals surface area contributed by atoms with Crippen molar-refractivity contribution < 1.29 is 4.79 Å². The van der Waals surface area contributed by atoms with Gasteiger partial charge >= 0.3 is 0 Å². The Bertz CT molecular complexity index is 385. The predicted octanol–water partition coefficient (Wildman–Crippen LogP) is 2.46. The van der Waals surface area contributed by atoms with Crippen LogP contribution in [0.4, 0.5) is 0 Å². The van der Waals surface area contributed by atoms with E-state index in [-0.39, 0.29) is 5.91 Å². The first-order chi connectivity index (χ1) is 7.34. The summed E-state index contributed by atoms with van der Waals surface area (Å²) in [5.74, 6) is -0.236. The molecule has 3 nitrogen and oxygen atoms in total.